The van der Waals surface area contributed by atoms with E-state index in [1.807, 2.05) is 32.9 Å². The van der Waals surface area contributed by atoms with Crippen LogP contribution in [0.25, 0.3) is 0 Å². The minimum absolute atomic E-state index is 0.326. The standard InChI is InChI=1S/C21H32N2O3/c1-14-16-10-17(11-16)23(13-15-6-8-18(25-5)9-7-15)19(14)12-22-20(24)26-21(2,3)4/h6-9,14,16-17,19H,10-13H2,1-5H3,(H,22,24)/t14-,16?,17?,19?/m0/s1. The molecule has 4 rings (SSSR count). The van der Waals surface area contributed by atoms with Crippen LogP contribution < -0.4 is 10.1 Å². The fourth-order valence-electron chi connectivity index (χ4n) is 4.21. The highest BCUT2D eigenvalue weighted by molar-refractivity contribution is 5.67. The van der Waals surface area contributed by atoms with E-state index in [1.54, 1.807) is 7.11 Å². The Morgan fingerprint density at radius 3 is 2.46 bits per heavy atom. The molecule has 26 heavy (non-hydrogen) atoms. The Morgan fingerprint density at radius 1 is 1.23 bits per heavy atom. The molecule has 2 atom stereocenters. The van der Waals surface area contributed by atoms with E-state index in [0.29, 0.717) is 24.5 Å². The average Bonchev–Trinajstić information content (AvgIpc) is 2.52. The molecule has 3 aliphatic rings. The Bertz CT molecular complexity index is 617. The summed E-state index contributed by atoms with van der Waals surface area (Å²) >= 11 is 0. The highest BCUT2D eigenvalue weighted by Gasteiger charge is 2.48. The van der Waals surface area contributed by atoms with Crippen molar-refractivity contribution >= 4 is 6.09 Å². The summed E-state index contributed by atoms with van der Waals surface area (Å²) < 4.78 is 10.7. The highest BCUT2D eigenvalue weighted by Crippen LogP contribution is 2.46. The zero-order chi connectivity index (χ0) is 18.9. The molecule has 0 aromatic heterocycles. The molecule has 0 radical (unpaired) electrons. The normalized spacial score (nSPS) is 28.2. The largest absolute Gasteiger partial charge is 0.497 e. The number of nitrogens with zero attached hydrogens (tertiary/aromatic N) is 1. The van der Waals surface area contributed by atoms with Crippen molar-refractivity contribution in [3.63, 3.8) is 0 Å². The molecule has 2 bridgehead atoms. The van der Waals surface area contributed by atoms with Gasteiger partial charge in [0.25, 0.3) is 0 Å². The summed E-state index contributed by atoms with van der Waals surface area (Å²) in [5.74, 6) is 2.25. The number of carbonyl (C=O) groups is 1. The minimum atomic E-state index is -0.465. The molecule has 1 N–H and O–H groups in total. The van der Waals surface area contributed by atoms with Gasteiger partial charge in [0.2, 0.25) is 0 Å². The van der Waals surface area contributed by atoms with Gasteiger partial charge in [-0.1, -0.05) is 19.1 Å². The van der Waals surface area contributed by atoms with Crippen molar-refractivity contribution in [3.05, 3.63) is 29.8 Å². The van der Waals surface area contributed by atoms with Crippen molar-refractivity contribution in [1.82, 2.24) is 10.2 Å². The van der Waals surface area contributed by atoms with E-state index in [2.05, 4.69) is 29.3 Å². The number of carbonyl (C=O) groups excluding carboxylic acids is 1. The zero-order valence-corrected chi connectivity index (χ0v) is 16.6. The van der Waals surface area contributed by atoms with Gasteiger partial charge in [0, 0.05) is 25.2 Å². The summed E-state index contributed by atoms with van der Waals surface area (Å²) in [5, 5.41) is 2.99. The van der Waals surface area contributed by atoms with Crippen LogP contribution in [0.4, 0.5) is 4.79 Å². The van der Waals surface area contributed by atoms with E-state index >= 15 is 0 Å². The van der Waals surface area contributed by atoms with Crippen molar-refractivity contribution in [2.24, 2.45) is 11.8 Å². The summed E-state index contributed by atoms with van der Waals surface area (Å²) in [6, 6.07) is 9.27. The van der Waals surface area contributed by atoms with Gasteiger partial charge in [-0.15, -0.1) is 0 Å². The predicted octanol–water partition coefficient (Wildman–Crippen LogP) is 3.82. The maximum absolute atomic E-state index is 12.1. The fraction of sp³-hybridized carbons (Fsp3) is 0.667. The van der Waals surface area contributed by atoms with Gasteiger partial charge >= 0.3 is 6.09 Å². The first kappa shape index (κ1) is 19.0. The van der Waals surface area contributed by atoms with Gasteiger partial charge < -0.3 is 14.8 Å². The van der Waals surface area contributed by atoms with Gasteiger partial charge in [-0.05, 0) is 63.1 Å². The first-order valence-electron chi connectivity index (χ1n) is 9.62. The van der Waals surface area contributed by atoms with Crippen LogP contribution in [-0.2, 0) is 11.3 Å². The van der Waals surface area contributed by atoms with Crippen LogP contribution in [0.1, 0.15) is 46.1 Å². The Kier molecular flexibility index (Phi) is 5.47. The number of fused-ring (bicyclic) bond motifs is 2. The molecular weight excluding hydrogens is 328 g/mol. The molecule has 2 aliphatic heterocycles. The maximum atomic E-state index is 12.1. The fourth-order valence-corrected chi connectivity index (χ4v) is 4.21. The molecule has 1 amide bonds. The Hall–Kier alpha value is -1.75. The number of hydrogen-bond acceptors (Lipinski definition) is 4. The van der Waals surface area contributed by atoms with Crippen LogP contribution in [-0.4, -0.2) is 42.3 Å². The van der Waals surface area contributed by atoms with E-state index in [4.69, 9.17) is 9.47 Å². The lowest BCUT2D eigenvalue weighted by atomic mass is 9.64. The van der Waals surface area contributed by atoms with E-state index in [1.165, 1.54) is 18.4 Å². The van der Waals surface area contributed by atoms with Crippen molar-refractivity contribution < 1.29 is 14.3 Å². The van der Waals surface area contributed by atoms with E-state index in [0.717, 1.165) is 18.2 Å². The van der Waals surface area contributed by atoms with Gasteiger partial charge in [0.15, 0.2) is 0 Å². The molecule has 5 nitrogen and oxygen atoms in total. The lowest BCUT2D eigenvalue weighted by Gasteiger charge is -2.57. The second-order valence-corrected chi connectivity index (χ2v) is 8.71. The SMILES string of the molecule is COc1ccc(CN2C3CC(C3)[C@H](C)C2CNC(=O)OC(C)(C)C)cc1. The Labute approximate surface area is 157 Å². The number of rotatable bonds is 5. The van der Waals surface area contributed by atoms with Crippen molar-refractivity contribution in [2.45, 2.75) is 64.8 Å². The molecule has 144 valence electrons. The summed E-state index contributed by atoms with van der Waals surface area (Å²) in [5.41, 5.74) is 0.818. The minimum Gasteiger partial charge on any atom is -0.497 e. The van der Waals surface area contributed by atoms with Gasteiger partial charge in [-0.3, -0.25) is 4.90 Å². The lowest BCUT2D eigenvalue weighted by molar-refractivity contribution is -0.0787. The quantitative estimate of drug-likeness (QED) is 0.867. The van der Waals surface area contributed by atoms with E-state index < -0.39 is 5.60 Å². The summed E-state index contributed by atoms with van der Waals surface area (Å²) in [7, 11) is 1.69. The number of nitrogens with one attached hydrogen (secondary N) is 1. The number of piperidine rings is 2. The van der Waals surface area contributed by atoms with Crippen molar-refractivity contribution in [2.75, 3.05) is 13.7 Å². The molecule has 3 fully saturated rings. The van der Waals surface area contributed by atoms with Crippen LogP contribution in [0, 0.1) is 11.8 Å². The van der Waals surface area contributed by atoms with Crippen LogP contribution in [0.5, 0.6) is 5.75 Å². The van der Waals surface area contributed by atoms with Gasteiger partial charge in [0.1, 0.15) is 11.4 Å². The highest BCUT2D eigenvalue weighted by atomic mass is 16.6. The number of ether oxygens (including phenoxy) is 2. The number of amides is 1. The molecule has 1 saturated carbocycles. The molecule has 1 unspecified atom stereocenters. The van der Waals surface area contributed by atoms with E-state index in [-0.39, 0.29) is 6.09 Å². The lowest BCUT2D eigenvalue weighted by Crippen LogP contribution is -2.63. The van der Waals surface area contributed by atoms with Crippen LogP contribution in [0.3, 0.4) is 0 Å². The first-order valence-corrected chi connectivity index (χ1v) is 9.62. The van der Waals surface area contributed by atoms with Crippen molar-refractivity contribution in [3.8, 4) is 5.75 Å². The third-order valence-corrected chi connectivity index (χ3v) is 5.77. The zero-order valence-electron chi connectivity index (χ0n) is 16.6. The smallest absolute Gasteiger partial charge is 0.407 e. The average molecular weight is 360 g/mol. The molecule has 1 aliphatic carbocycles. The summed E-state index contributed by atoms with van der Waals surface area (Å²) in [6.07, 6.45) is 2.23. The molecule has 1 aromatic carbocycles. The monoisotopic (exact) mass is 360 g/mol. The molecule has 1 aromatic rings. The number of methoxy groups -OCH3 is 1. The summed E-state index contributed by atoms with van der Waals surface area (Å²) in [6.45, 7) is 9.54. The van der Waals surface area contributed by atoms with E-state index in [9.17, 15) is 4.79 Å². The first-order chi connectivity index (χ1) is 12.3. The predicted molar refractivity (Wildman–Crippen MR) is 102 cm³/mol. The van der Waals surface area contributed by atoms with Crippen LogP contribution in [0.15, 0.2) is 24.3 Å². The maximum Gasteiger partial charge on any atom is 0.407 e. The summed E-state index contributed by atoms with van der Waals surface area (Å²) in [4.78, 5) is 14.6. The molecule has 5 heteroatoms. The Morgan fingerprint density at radius 2 is 1.88 bits per heavy atom. The van der Waals surface area contributed by atoms with Gasteiger partial charge in [-0.25, -0.2) is 4.79 Å². The number of alkyl carbamates (subject to hydrolysis) is 1. The molecular formula is C21H32N2O3. The second kappa shape index (κ2) is 7.47. The van der Waals surface area contributed by atoms with Crippen LogP contribution >= 0.6 is 0 Å². The Balaban J connectivity index is 1.64. The third kappa shape index (κ3) is 4.32. The topological polar surface area (TPSA) is 50.8 Å². The molecule has 2 saturated heterocycles. The van der Waals surface area contributed by atoms with Gasteiger partial charge in [-0.2, -0.15) is 0 Å². The number of hydrogen-bond donors (Lipinski definition) is 1. The third-order valence-electron chi connectivity index (χ3n) is 5.77. The van der Waals surface area contributed by atoms with Crippen molar-refractivity contribution in [1.29, 1.82) is 0 Å². The molecule has 0 spiro atoms. The second-order valence-electron chi connectivity index (χ2n) is 8.71. The number of benzene rings is 1. The van der Waals surface area contributed by atoms with Gasteiger partial charge in [0.05, 0.1) is 7.11 Å². The molecule has 2 heterocycles. The van der Waals surface area contributed by atoms with Crippen LogP contribution in [0.2, 0.25) is 0 Å².